The third-order valence-corrected chi connectivity index (χ3v) is 3.71. The fourth-order valence-corrected chi connectivity index (χ4v) is 2.35. The quantitative estimate of drug-likeness (QED) is 0.850. The van der Waals surface area contributed by atoms with E-state index < -0.39 is 17.7 Å². The molecule has 1 atom stereocenters. The van der Waals surface area contributed by atoms with Gasteiger partial charge in [0.15, 0.2) is 11.6 Å². The van der Waals surface area contributed by atoms with Crippen molar-refractivity contribution >= 4 is 17.2 Å². The summed E-state index contributed by atoms with van der Waals surface area (Å²) in [6.45, 7) is 1.53. The number of carbonyl (C=O) groups is 1. The normalized spacial score (nSPS) is 12.0. The lowest BCUT2D eigenvalue weighted by molar-refractivity contribution is 0.0845. The van der Waals surface area contributed by atoms with Gasteiger partial charge < -0.3 is 15.2 Å². The smallest absolute Gasteiger partial charge is 0.263 e. The maximum Gasteiger partial charge on any atom is 0.263 e. The minimum absolute atomic E-state index is 0.0279. The third kappa shape index (κ3) is 4.22. The molecule has 1 amide bonds. The number of rotatable bonds is 6. The minimum atomic E-state index is -1.03. The van der Waals surface area contributed by atoms with Gasteiger partial charge in [0.25, 0.3) is 5.91 Å². The Bertz CT molecular complexity index is 663. The Morgan fingerprint density at radius 3 is 2.86 bits per heavy atom. The maximum absolute atomic E-state index is 13.0. The first kappa shape index (κ1) is 16.3. The van der Waals surface area contributed by atoms with Crippen molar-refractivity contribution in [3.8, 4) is 5.75 Å². The summed E-state index contributed by atoms with van der Waals surface area (Å²) < 4.78 is 30.8. The number of aromatic nitrogens is 1. The molecule has 0 saturated carbocycles. The Labute approximate surface area is 129 Å². The number of halogens is 2. The first-order valence-electron chi connectivity index (χ1n) is 6.41. The van der Waals surface area contributed by atoms with E-state index in [4.69, 9.17) is 4.74 Å². The van der Waals surface area contributed by atoms with Crippen LogP contribution in [0, 0.1) is 18.6 Å². The number of carbonyl (C=O) groups excluding carboxylic acids is 1. The van der Waals surface area contributed by atoms with Crippen LogP contribution in [0.5, 0.6) is 5.75 Å². The number of benzene rings is 1. The Morgan fingerprint density at radius 1 is 1.45 bits per heavy atom. The molecule has 0 aliphatic carbocycles. The van der Waals surface area contributed by atoms with Gasteiger partial charge in [0.1, 0.15) is 23.3 Å². The molecule has 0 bridgehead atoms. The largest absolute Gasteiger partial charge is 0.491 e. The van der Waals surface area contributed by atoms with E-state index in [1.165, 1.54) is 17.4 Å². The maximum atomic E-state index is 13.0. The van der Waals surface area contributed by atoms with E-state index in [9.17, 15) is 18.7 Å². The first-order valence-corrected chi connectivity index (χ1v) is 7.29. The molecule has 2 N–H and O–H groups in total. The number of nitrogens with one attached hydrogen (secondary N) is 1. The van der Waals surface area contributed by atoms with Crippen molar-refractivity contribution in [2.45, 2.75) is 13.0 Å². The summed E-state index contributed by atoms with van der Waals surface area (Å²) in [6, 6.07) is 3.08. The number of thiazole rings is 1. The fourth-order valence-electron chi connectivity index (χ4n) is 1.63. The number of ether oxygens (including phenoxy) is 1. The number of hydrogen-bond donors (Lipinski definition) is 2. The van der Waals surface area contributed by atoms with Crippen LogP contribution in [0.15, 0.2) is 23.7 Å². The van der Waals surface area contributed by atoms with Gasteiger partial charge in [-0.1, -0.05) is 0 Å². The number of nitrogens with zero attached hydrogens (tertiary/aromatic N) is 1. The number of hydrogen-bond acceptors (Lipinski definition) is 5. The summed E-state index contributed by atoms with van der Waals surface area (Å²) in [5.41, 5.74) is 2.18. The molecule has 2 rings (SSSR count). The van der Waals surface area contributed by atoms with E-state index in [1.807, 2.05) is 0 Å². The van der Waals surface area contributed by atoms with Crippen molar-refractivity contribution < 1.29 is 23.4 Å². The molecule has 0 radical (unpaired) electrons. The standard InChI is InChI=1S/C14H14F2N2O3S/c1-8-13(22-7-18-8)14(20)17-5-9(19)6-21-10-2-3-11(15)12(16)4-10/h2-4,7,9,19H,5-6H2,1H3,(H,17,20). The molecule has 1 aromatic heterocycles. The number of aryl methyl sites for hydroxylation is 1. The molecular formula is C14H14F2N2O3S. The molecule has 0 saturated heterocycles. The monoisotopic (exact) mass is 328 g/mol. The number of amides is 1. The van der Waals surface area contributed by atoms with E-state index in [2.05, 4.69) is 10.3 Å². The summed E-state index contributed by atoms with van der Waals surface area (Å²) in [4.78, 5) is 16.2. The highest BCUT2D eigenvalue weighted by Crippen LogP contribution is 2.15. The summed E-state index contributed by atoms with van der Waals surface area (Å²) in [6.07, 6.45) is -0.981. The molecule has 0 aliphatic rings. The van der Waals surface area contributed by atoms with Crippen LogP contribution in [0.3, 0.4) is 0 Å². The fraction of sp³-hybridized carbons (Fsp3) is 0.286. The van der Waals surface area contributed by atoms with Crippen LogP contribution >= 0.6 is 11.3 Å². The molecule has 8 heteroatoms. The van der Waals surface area contributed by atoms with Crippen LogP contribution in [-0.2, 0) is 0 Å². The van der Waals surface area contributed by atoms with Gasteiger partial charge in [-0.2, -0.15) is 0 Å². The molecule has 5 nitrogen and oxygen atoms in total. The summed E-state index contributed by atoms with van der Waals surface area (Å²) >= 11 is 1.21. The third-order valence-electron chi connectivity index (χ3n) is 2.78. The average Bonchev–Trinajstić information content (AvgIpc) is 2.92. The average molecular weight is 328 g/mol. The molecule has 22 heavy (non-hydrogen) atoms. The lowest BCUT2D eigenvalue weighted by Gasteiger charge is -2.13. The molecular weight excluding hydrogens is 314 g/mol. The van der Waals surface area contributed by atoms with Gasteiger partial charge in [-0.3, -0.25) is 4.79 Å². The van der Waals surface area contributed by atoms with Gasteiger partial charge in [0.05, 0.1) is 11.2 Å². The van der Waals surface area contributed by atoms with Crippen molar-refractivity contribution in [3.05, 3.63) is 45.9 Å². The molecule has 1 aromatic carbocycles. The molecule has 1 heterocycles. The van der Waals surface area contributed by atoms with Crippen LogP contribution in [0.2, 0.25) is 0 Å². The van der Waals surface area contributed by atoms with Gasteiger partial charge in [-0.25, -0.2) is 13.8 Å². The zero-order valence-corrected chi connectivity index (χ0v) is 12.5. The predicted molar refractivity (Wildman–Crippen MR) is 77.0 cm³/mol. The minimum Gasteiger partial charge on any atom is -0.491 e. The van der Waals surface area contributed by atoms with Crippen LogP contribution < -0.4 is 10.1 Å². The van der Waals surface area contributed by atoms with Gasteiger partial charge in [-0.05, 0) is 19.1 Å². The second-order valence-electron chi connectivity index (χ2n) is 4.52. The van der Waals surface area contributed by atoms with Crippen LogP contribution in [0.4, 0.5) is 8.78 Å². The van der Waals surface area contributed by atoms with Gasteiger partial charge in [-0.15, -0.1) is 11.3 Å². The highest BCUT2D eigenvalue weighted by Gasteiger charge is 2.14. The van der Waals surface area contributed by atoms with Crippen LogP contribution in [0.1, 0.15) is 15.4 Å². The lowest BCUT2D eigenvalue weighted by Crippen LogP contribution is -2.35. The molecule has 0 aliphatic heterocycles. The van der Waals surface area contributed by atoms with E-state index in [1.54, 1.807) is 12.4 Å². The SMILES string of the molecule is Cc1ncsc1C(=O)NCC(O)COc1ccc(F)c(F)c1. The Hall–Kier alpha value is -2.06. The van der Waals surface area contributed by atoms with Crippen molar-refractivity contribution in [2.75, 3.05) is 13.2 Å². The first-order chi connectivity index (χ1) is 10.5. The van der Waals surface area contributed by atoms with Gasteiger partial charge >= 0.3 is 0 Å². The highest BCUT2D eigenvalue weighted by molar-refractivity contribution is 7.11. The van der Waals surface area contributed by atoms with Crippen molar-refractivity contribution in [1.29, 1.82) is 0 Å². The summed E-state index contributed by atoms with van der Waals surface area (Å²) in [5.74, 6) is -2.23. The highest BCUT2D eigenvalue weighted by atomic mass is 32.1. The lowest BCUT2D eigenvalue weighted by atomic mass is 10.3. The van der Waals surface area contributed by atoms with E-state index in [-0.39, 0.29) is 24.8 Å². The Morgan fingerprint density at radius 2 is 2.23 bits per heavy atom. The van der Waals surface area contributed by atoms with Crippen molar-refractivity contribution in [1.82, 2.24) is 10.3 Å². The molecule has 118 valence electrons. The van der Waals surface area contributed by atoms with E-state index in [0.29, 0.717) is 10.6 Å². The van der Waals surface area contributed by atoms with E-state index in [0.717, 1.165) is 12.1 Å². The second-order valence-corrected chi connectivity index (χ2v) is 5.37. The van der Waals surface area contributed by atoms with Crippen LogP contribution in [-0.4, -0.2) is 35.3 Å². The summed E-state index contributed by atoms with van der Waals surface area (Å²) in [5, 5.41) is 12.3. The molecule has 2 aromatic rings. The topological polar surface area (TPSA) is 71.5 Å². The van der Waals surface area contributed by atoms with Crippen molar-refractivity contribution in [3.63, 3.8) is 0 Å². The number of aliphatic hydroxyl groups is 1. The molecule has 0 spiro atoms. The Balaban J connectivity index is 1.78. The Kier molecular flexibility index (Phi) is 5.40. The predicted octanol–water partition coefficient (Wildman–Crippen LogP) is 1.90. The summed E-state index contributed by atoms with van der Waals surface area (Å²) in [7, 11) is 0. The van der Waals surface area contributed by atoms with Crippen molar-refractivity contribution in [2.24, 2.45) is 0 Å². The van der Waals surface area contributed by atoms with Gasteiger partial charge in [0, 0.05) is 12.6 Å². The van der Waals surface area contributed by atoms with E-state index >= 15 is 0 Å². The van der Waals surface area contributed by atoms with Crippen LogP contribution in [0.25, 0.3) is 0 Å². The second kappa shape index (κ2) is 7.28. The zero-order chi connectivity index (χ0) is 16.1. The molecule has 1 unspecified atom stereocenters. The zero-order valence-electron chi connectivity index (χ0n) is 11.7. The molecule has 0 fully saturated rings. The van der Waals surface area contributed by atoms with Gasteiger partial charge in [0.2, 0.25) is 0 Å². The number of aliphatic hydroxyl groups excluding tert-OH is 1.